The summed E-state index contributed by atoms with van der Waals surface area (Å²) in [6.07, 6.45) is 3.52. The molecule has 1 saturated heterocycles. The van der Waals surface area contributed by atoms with Crippen molar-refractivity contribution in [3.8, 4) is 0 Å². The summed E-state index contributed by atoms with van der Waals surface area (Å²) in [5, 5.41) is 0. The Morgan fingerprint density at radius 3 is 2.71 bits per heavy atom. The molecule has 1 aliphatic carbocycles. The number of amides is 1. The van der Waals surface area contributed by atoms with Crippen LogP contribution >= 0.6 is 0 Å². The minimum absolute atomic E-state index is 0.0965. The molecule has 0 radical (unpaired) electrons. The largest absolute Gasteiger partial charge is 0.396 e. The van der Waals surface area contributed by atoms with E-state index in [-0.39, 0.29) is 22.9 Å². The van der Waals surface area contributed by atoms with Gasteiger partial charge in [0.1, 0.15) is 5.60 Å². The predicted octanol–water partition coefficient (Wildman–Crippen LogP) is 0.428. The molecule has 1 aromatic rings. The number of nitrogens with two attached hydrogens (primary N) is 1. The summed E-state index contributed by atoms with van der Waals surface area (Å²) in [6, 6.07) is 2.82. The third-order valence-electron chi connectivity index (χ3n) is 4.56. The maximum absolute atomic E-state index is 12.7. The number of pyridine rings is 1. The normalized spacial score (nSPS) is 26.3. The fraction of sp³-hybridized carbons (Fsp3) is 0.471. The molecule has 7 heteroatoms. The van der Waals surface area contributed by atoms with Gasteiger partial charge >= 0.3 is 0 Å². The zero-order valence-electron chi connectivity index (χ0n) is 13.8. The molecule has 1 unspecified atom stereocenters. The minimum Gasteiger partial charge on any atom is -0.396 e. The van der Waals surface area contributed by atoms with E-state index in [0.717, 1.165) is 0 Å². The molecule has 0 aromatic carbocycles. The van der Waals surface area contributed by atoms with Crippen LogP contribution in [0.4, 0.5) is 0 Å². The molecular formula is C17H21N3O4. The molecule has 2 aliphatic rings. The summed E-state index contributed by atoms with van der Waals surface area (Å²) < 4.78 is 5.94. The lowest BCUT2D eigenvalue weighted by atomic mass is 9.71. The van der Waals surface area contributed by atoms with Gasteiger partial charge in [0.05, 0.1) is 24.4 Å². The first-order valence-electron chi connectivity index (χ1n) is 7.88. The third-order valence-corrected chi connectivity index (χ3v) is 4.56. The molecule has 0 bridgehead atoms. The van der Waals surface area contributed by atoms with E-state index in [0.29, 0.717) is 31.7 Å². The molecule has 1 fully saturated rings. The SMILES string of the molecule is CC1(C)CC2(C=C(N)C1=O)CN(C(=O)c1ccc(=O)[nH]c1)CCO2. The van der Waals surface area contributed by atoms with Crippen LogP contribution in [-0.4, -0.2) is 46.9 Å². The second-order valence-corrected chi connectivity index (χ2v) is 7.07. The van der Waals surface area contributed by atoms with Crippen molar-refractivity contribution >= 4 is 11.7 Å². The van der Waals surface area contributed by atoms with Crippen molar-refractivity contribution in [3.63, 3.8) is 0 Å². The first-order valence-corrected chi connectivity index (χ1v) is 7.88. The molecule has 2 heterocycles. The summed E-state index contributed by atoms with van der Waals surface area (Å²) in [4.78, 5) is 40.2. The Kier molecular flexibility index (Phi) is 3.83. The second-order valence-electron chi connectivity index (χ2n) is 7.07. The summed E-state index contributed by atoms with van der Waals surface area (Å²) in [6.45, 7) is 4.80. The molecule has 1 aromatic heterocycles. The molecule has 1 atom stereocenters. The van der Waals surface area contributed by atoms with Gasteiger partial charge in [-0.05, 0) is 18.6 Å². The number of allylic oxidation sites excluding steroid dienone is 1. The average Bonchev–Trinajstić information content (AvgIpc) is 2.52. The lowest BCUT2D eigenvalue weighted by Crippen LogP contribution is -2.57. The van der Waals surface area contributed by atoms with Crippen LogP contribution in [0.15, 0.2) is 34.9 Å². The number of hydrogen-bond donors (Lipinski definition) is 2. The number of ether oxygens (including phenoxy) is 1. The van der Waals surface area contributed by atoms with Crippen molar-refractivity contribution in [2.24, 2.45) is 11.1 Å². The monoisotopic (exact) mass is 331 g/mol. The Hall–Kier alpha value is -2.41. The Morgan fingerprint density at radius 1 is 1.33 bits per heavy atom. The van der Waals surface area contributed by atoms with Gasteiger partial charge < -0.3 is 20.4 Å². The molecule has 1 amide bonds. The topological polar surface area (TPSA) is 105 Å². The Labute approximate surface area is 139 Å². The number of nitrogens with zero attached hydrogens (tertiary/aromatic N) is 1. The van der Waals surface area contributed by atoms with Gasteiger partial charge in [0.15, 0.2) is 5.78 Å². The van der Waals surface area contributed by atoms with Gasteiger partial charge in [-0.1, -0.05) is 13.8 Å². The fourth-order valence-corrected chi connectivity index (χ4v) is 3.52. The smallest absolute Gasteiger partial charge is 0.255 e. The number of ketones is 1. The van der Waals surface area contributed by atoms with Crippen molar-refractivity contribution in [2.75, 3.05) is 19.7 Å². The van der Waals surface area contributed by atoms with Crippen LogP contribution in [0, 0.1) is 5.41 Å². The quantitative estimate of drug-likeness (QED) is 0.776. The maximum Gasteiger partial charge on any atom is 0.255 e. The Morgan fingerprint density at radius 2 is 2.08 bits per heavy atom. The van der Waals surface area contributed by atoms with E-state index >= 15 is 0 Å². The number of hydrogen-bond acceptors (Lipinski definition) is 5. The molecule has 24 heavy (non-hydrogen) atoms. The average molecular weight is 331 g/mol. The molecule has 7 nitrogen and oxygen atoms in total. The lowest BCUT2D eigenvalue weighted by Gasteiger charge is -2.46. The van der Waals surface area contributed by atoms with Crippen LogP contribution in [0.5, 0.6) is 0 Å². The number of nitrogens with one attached hydrogen (secondary N) is 1. The van der Waals surface area contributed by atoms with Crippen LogP contribution in [-0.2, 0) is 9.53 Å². The van der Waals surface area contributed by atoms with Crippen molar-refractivity contribution in [1.82, 2.24) is 9.88 Å². The number of Topliss-reactive ketones (excluding diaryl/α,β-unsaturated/α-hetero) is 1. The number of aromatic nitrogens is 1. The van der Waals surface area contributed by atoms with Gasteiger partial charge in [-0.25, -0.2) is 0 Å². The third kappa shape index (κ3) is 2.87. The number of morpholine rings is 1. The fourth-order valence-electron chi connectivity index (χ4n) is 3.52. The van der Waals surface area contributed by atoms with Crippen molar-refractivity contribution in [1.29, 1.82) is 0 Å². The number of H-pyrrole nitrogens is 1. The molecule has 3 N–H and O–H groups in total. The van der Waals surface area contributed by atoms with Gasteiger partial charge in [-0.3, -0.25) is 14.4 Å². The summed E-state index contributed by atoms with van der Waals surface area (Å²) in [7, 11) is 0. The second kappa shape index (κ2) is 5.59. The molecular weight excluding hydrogens is 310 g/mol. The standard InChI is InChI=1S/C17H21N3O4/c1-16(2)9-17(7-12(18)14(16)22)10-20(5-6-24-17)15(23)11-3-4-13(21)19-8-11/h3-4,7-8H,5-6,9-10,18H2,1-2H3,(H,19,21). The van der Waals surface area contributed by atoms with E-state index in [4.69, 9.17) is 10.5 Å². The van der Waals surface area contributed by atoms with Crippen LogP contribution in [0.3, 0.4) is 0 Å². The number of rotatable bonds is 1. The van der Waals surface area contributed by atoms with Crippen molar-refractivity contribution in [2.45, 2.75) is 25.9 Å². The van der Waals surface area contributed by atoms with Crippen LogP contribution in [0.2, 0.25) is 0 Å². The van der Waals surface area contributed by atoms with Crippen LogP contribution < -0.4 is 11.3 Å². The zero-order chi connectivity index (χ0) is 17.5. The summed E-state index contributed by atoms with van der Waals surface area (Å²) in [5.74, 6) is -0.281. The first-order chi connectivity index (χ1) is 11.2. The van der Waals surface area contributed by atoms with Gasteiger partial charge in [0.25, 0.3) is 5.91 Å². The van der Waals surface area contributed by atoms with Crippen molar-refractivity contribution < 1.29 is 14.3 Å². The Balaban J connectivity index is 1.87. The maximum atomic E-state index is 12.7. The van der Waals surface area contributed by atoms with Crippen LogP contribution in [0.25, 0.3) is 0 Å². The highest BCUT2D eigenvalue weighted by molar-refractivity contribution is 6.00. The summed E-state index contributed by atoms with van der Waals surface area (Å²) >= 11 is 0. The Bertz CT molecular complexity index is 760. The van der Waals surface area contributed by atoms with Gasteiger partial charge in [-0.2, -0.15) is 0 Å². The molecule has 0 saturated carbocycles. The zero-order valence-corrected chi connectivity index (χ0v) is 13.8. The van der Waals surface area contributed by atoms with Gasteiger partial charge in [0.2, 0.25) is 5.56 Å². The molecule has 1 aliphatic heterocycles. The molecule has 3 rings (SSSR count). The predicted molar refractivity (Wildman–Crippen MR) is 87.3 cm³/mol. The highest BCUT2D eigenvalue weighted by Crippen LogP contribution is 2.40. The highest BCUT2D eigenvalue weighted by atomic mass is 16.5. The lowest BCUT2D eigenvalue weighted by molar-refractivity contribution is -0.135. The van der Waals surface area contributed by atoms with E-state index in [2.05, 4.69) is 4.98 Å². The van der Waals surface area contributed by atoms with E-state index in [1.807, 2.05) is 13.8 Å². The van der Waals surface area contributed by atoms with Crippen molar-refractivity contribution in [3.05, 3.63) is 46.0 Å². The highest BCUT2D eigenvalue weighted by Gasteiger charge is 2.48. The van der Waals surface area contributed by atoms with E-state index in [1.165, 1.54) is 18.3 Å². The first kappa shape index (κ1) is 16.4. The minimum atomic E-state index is -0.752. The number of carbonyl (C=O) groups is 2. The number of carbonyl (C=O) groups excluding carboxylic acids is 2. The van der Waals surface area contributed by atoms with Gasteiger partial charge in [0, 0.05) is 24.2 Å². The summed E-state index contributed by atoms with van der Waals surface area (Å²) in [5.41, 5.74) is 4.85. The molecule has 1 spiro atoms. The van der Waals surface area contributed by atoms with E-state index in [9.17, 15) is 14.4 Å². The van der Waals surface area contributed by atoms with E-state index < -0.39 is 11.0 Å². The molecule has 128 valence electrons. The van der Waals surface area contributed by atoms with Gasteiger partial charge in [-0.15, -0.1) is 0 Å². The van der Waals surface area contributed by atoms with E-state index in [1.54, 1.807) is 11.0 Å². The number of aromatic amines is 1. The van der Waals surface area contributed by atoms with Crippen LogP contribution in [0.1, 0.15) is 30.6 Å².